The van der Waals surface area contributed by atoms with Crippen molar-refractivity contribution in [2.24, 2.45) is 0 Å². The number of halogens is 5. The summed E-state index contributed by atoms with van der Waals surface area (Å²) in [6, 6.07) is 1.43. The molecule has 0 aliphatic heterocycles. The maximum absolute atomic E-state index is 13.1. The van der Waals surface area contributed by atoms with Gasteiger partial charge in [0.05, 0.1) is 4.47 Å². The minimum atomic E-state index is -4.48. The molecule has 0 aromatic heterocycles. The van der Waals surface area contributed by atoms with Crippen molar-refractivity contribution in [1.29, 1.82) is 0 Å². The number of hydrogen-bond donors (Lipinski definition) is 2. The maximum atomic E-state index is 13.1. The summed E-state index contributed by atoms with van der Waals surface area (Å²) >= 11 is 2.91. The molecule has 1 aromatic rings. The molecule has 0 unspecified atom stereocenters. The van der Waals surface area contributed by atoms with Gasteiger partial charge >= 0.3 is 12.2 Å². The van der Waals surface area contributed by atoms with Crippen molar-refractivity contribution in [1.82, 2.24) is 5.32 Å². The Bertz CT molecular complexity index is 462. The molecule has 0 spiro atoms. The first-order chi connectivity index (χ1) is 8.19. The molecule has 2 N–H and O–H groups in total. The Morgan fingerprint density at radius 1 is 1.39 bits per heavy atom. The van der Waals surface area contributed by atoms with Crippen LogP contribution in [0.15, 0.2) is 16.6 Å². The number of urea groups is 1. The Morgan fingerprint density at radius 3 is 2.56 bits per heavy atom. The summed E-state index contributed by atoms with van der Waals surface area (Å²) in [5, 5.41) is 3.85. The lowest BCUT2D eigenvalue weighted by Gasteiger charge is -2.12. The summed E-state index contributed by atoms with van der Waals surface area (Å²) in [4.78, 5) is 11.2. The summed E-state index contributed by atoms with van der Waals surface area (Å²) in [7, 11) is 0. The second kappa shape index (κ2) is 5.55. The van der Waals surface area contributed by atoms with Gasteiger partial charge in [0.15, 0.2) is 0 Å². The monoisotopic (exact) mass is 328 g/mol. The average molecular weight is 329 g/mol. The molecule has 0 fully saturated rings. The van der Waals surface area contributed by atoms with Crippen molar-refractivity contribution in [2.75, 3.05) is 11.9 Å². The largest absolute Gasteiger partial charge is 0.405 e. The minimum absolute atomic E-state index is 0.110. The molecular weight excluding hydrogens is 320 g/mol. The van der Waals surface area contributed by atoms with Crippen LogP contribution in [-0.4, -0.2) is 18.8 Å². The molecule has 2 amide bonds. The Hall–Kier alpha value is -1.31. The number of amides is 2. The zero-order valence-corrected chi connectivity index (χ0v) is 10.7. The van der Waals surface area contributed by atoms with Crippen molar-refractivity contribution in [3.8, 4) is 0 Å². The van der Waals surface area contributed by atoms with E-state index < -0.39 is 24.6 Å². The second-order valence-corrected chi connectivity index (χ2v) is 4.36. The summed E-state index contributed by atoms with van der Waals surface area (Å²) in [5.74, 6) is -0.520. The molecule has 0 atom stereocenters. The number of anilines is 1. The first kappa shape index (κ1) is 14.7. The topological polar surface area (TPSA) is 41.1 Å². The van der Waals surface area contributed by atoms with Crippen molar-refractivity contribution in [3.05, 3.63) is 28.0 Å². The highest BCUT2D eigenvalue weighted by Crippen LogP contribution is 2.24. The van der Waals surface area contributed by atoms with Crippen LogP contribution in [0.2, 0.25) is 0 Å². The molecule has 100 valence electrons. The lowest BCUT2D eigenvalue weighted by Crippen LogP contribution is -2.36. The van der Waals surface area contributed by atoms with Crippen molar-refractivity contribution >= 4 is 27.6 Å². The molecule has 1 rings (SSSR count). The number of aryl methyl sites for hydroxylation is 1. The third-order valence-corrected chi connectivity index (χ3v) is 2.57. The van der Waals surface area contributed by atoms with Gasteiger partial charge in [-0.25, -0.2) is 9.18 Å². The second-order valence-electron chi connectivity index (χ2n) is 3.50. The van der Waals surface area contributed by atoms with Gasteiger partial charge in [-0.15, -0.1) is 0 Å². The van der Waals surface area contributed by atoms with Crippen LogP contribution in [0.1, 0.15) is 5.56 Å². The van der Waals surface area contributed by atoms with Crippen LogP contribution < -0.4 is 10.6 Å². The van der Waals surface area contributed by atoms with E-state index in [1.807, 2.05) is 0 Å². The molecule has 1 aromatic carbocycles. The number of hydrogen-bond acceptors (Lipinski definition) is 1. The van der Waals surface area contributed by atoms with Gasteiger partial charge in [0.1, 0.15) is 12.4 Å². The maximum Gasteiger partial charge on any atom is 0.405 e. The van der Waals surface area contributed by atoms with Crippen molar-refractivity contribution in [3.63, 3.8) is 0 Å². The fraction of sp³-hybridized carbons (Fsp3) is 0.300. The fourth-order valence-electron chi connectivity index (χ4n) is 1.13. The Balaban J connectivity index is 2.68. The van der Waals surface area contributed by atoms with E-state index in [1.54, 1.807) is 5.32 Å². The van der Waals surface area contributed by atoms with Crippen LogP contribution in [0.4, 0.5) is 28.0 Å². The van der Waals surface area contributed by atoms with Gasteiger partial charge in [0.2, 0.25) is 0 Å². The third kappa shape index (κ3) is 4.52. The SMILES string of the molecule is Cc1cc(F)c(Br)cc1NC(=O)NCC(F)(F)F. The van der Waals surface area contributed by atoms with Crippen LogP contribution in [0.25, 0.3) is 0 Å². The molecule has 0 bridgehead atoms. The molecule has 18 heavy (non-hydrogen) atoms. The number of carbonyl (C=O) groups is 1. The quantitative estimate of drug-likeness (QED) is 0.800. The molecular formula is C10H9BrF4N2O. The lowest BCUT2D eigenvalue weighted by molar-refractivity contribution is -0.122. The van der Waals surface area contributed by atoms with Gasteiger partial charge in [0, 0.05) is 5.69 Å². The number of carbonyl (C=O) groups excluding carboxylic acids is 1. The molecule has 8 heteroatoms. The molecule has 0 saturated heterocycles. The van der Waals surface area contributed by atoms with E-state index in [-0.39, 0.29) is 10.2 Å². The minimum Gasteiger partial charge on any atom is -0.329 e. The fourth-order valence-corrected chi connectivity index (χ4v) is 1.47. The van der Waals surface area contributed by atoms with Gasteiger partial charge in [-0.2, -0.15) is 13.2 Å². The van der Waals surface area contributed by atoms with Gasteiger partial charge in [-0.05, 0) is 40.5 Å². The van der Waals surface area contributed by atoms with Crippen LogP contribution in [-0.2, 0) is 0 Å². The van der Waals surface area contributed by atoms with E-state index in [0.29, 0.717) is 5.56 Å². The molecule has 0 aliphatic rings. The number of rotatable bonds is 2. The summed E-state index contributed by atoms with van der Waals surface area (Å²) < 4.78 is 48.7. The van der Waals surface area contributed by atoms with E-state index in [4.69, 9.17) is 0 Å². The average Bonchev–Trinajstić information content (AvgIpc) is 2.22. The highest BCUT2D eigenvalue weighted by atomic mass is 79.9. The van der Waals surface area contributed by atoms with Gasteiger partial charge in [0.25, 0.3) is 0 Å². The highest BCUT2D eigenvalue weighted by molar-refractivity contribution is 9.10. The smallest absolute Gasteiger partial charge is 0.329 e. The highest BCUT2D eigenvalue weighted by Gasteiger charge is 2.27. The predicted molar refractivity (Wildman–Crippen MR) is 61.9 cm³/mol. The van der Waals surface area contributed by atoms with Crippen LogP contribution in [0, 0.1) is 12.7 Å². The normalized spacial score (nSPS) is 11.2. The molecule has 0 aliphatic carbocycles. The van der Waals surface area contributed by atoms with Crippen LogP contribution >= 0.6 is 15.9 Å². The zero-order valence-electron chi connectivity index (χ0n) is 9.16. The standard InChI is InChI=1S/C10H9BrF4N2O/c1-5-2-7(12)6(11)3-8(5)17-9(18)16-4-10(13,14)15/h2-3H,4H2,1H3,(H2,16,17,18). The Morgan fingerprint density at radius 2 is 2.00 bits per heavy atom. The zero-order chi connectivity index (χ0) is 13.9. The van der Waals surface area contributed by atoms with E-state index in [1.165, 1.54) is 13.0 Å². The first-order valence-corrected chi connectivity index (χ1v) is 5.55. The summed E-state index contributed by atoms with van der Waals surface area (Å²) in [5.41, 5.74) is 0.626. The van der Waals surface area contributed by atoms with Gasteiger partial charge in [-0.3, -0.25) is 0 Å². The molecule has 0 saturated carbocycles. The van der Waals surface area contributed by atoms with Crippen molar-refractivity contribution in [2.45, 2.75) is 13.1 Å². The Kier molecular flexibility index (Phi) is 4.55. The predicted octanol–water partition coefficient (Wildman–Crippen LogP) is 3.58. The van der Waals surface area contributed by atoms with E-state index in [2.05, 4.69) is 21.2 Å². The van der Waals surface area contributed by atoms with E-state index in [9.17, 15) is 22.4 Å². The molecule has 0 radical (unpaired) electrons. The van der Waals surface area contributed by atoms with Crippen molar-refractivity contribution < 1.29 is 22.4 Å². The number of benzene rings is 1. The van der Waals surface area contributed by atoms with Crippen LogP contribution in [0.3, 0.4) is 0 Å². The van der Waals surface area contributed by atoms with E-state index >= 15 is 0 Å². The number of alkyl halides is 3. The summed E-state index contributed by atoms with van der Waals surface area (Å²) in [6.45, 7) is 0.0924. The summed E-state index contributed by atoms with van der Waals surface area (Å²) in [6.07, 6.45) is -4.48. The number of nitrogens with one attached hydrogen (secondary N) is 2. The first-order valence-electron chi connectivity index (χ1n) is 4.76. The van der Waals surface area contributed by atoms with Gasteiger partial charge in [-0.1, -0.05) is 0 Å². The molecule has 0 heterocycles. The van der Waals surface area contributed by atoms with Gasteiger partial charge < -0.3 is 10.6 Å². The third-order valence-electron chi connectivity index (χ3n) is 1.96. The molecule has 3 nitrogen and oxygen atoms in total. The van der Waals surface area contributed by atoms with E-state index in [0.717, 1.165) is 6.07 Å². The Labute approximate surface area is 109 Å². The van der Waals surface area contributed by atoms with Crippen LogP contribution in [0.5, 0.6) is 0 Å². The lowest BCUT2D eigenvalue weighted by atomic mass is 10.2.